The monoisotopic (exact) mass is 453 g/mol. The van der Waals surface area contributed by atoms with E-state index in [-0.39, 0.29) is 11.7 Å². The summed E-state index contributed by atoms with van der Waals surface area (Å²) in [6, 6.07) is 11.3. The minimum atomic E-state index is -0.746. The Bertz CT molecular complexity index is 1060. The molecule has 3 aromatic rings. The second kappa shape index (κ2) is 11.4. The smallest absolute Gasteiger partial charge is 0.266 e. The topological polar surface area (TPSA) is 95.7 Å². The number of carbonyl (C=O) groups excluding carboxylic acids is 1. The summed E-state index contributed by atoms with van der Waals surface area (Å²) in [7, 11) is 0. The predicted octanol–water partition coefficient (Wildman–Crippen LogP) is 5.34. The molecule has 0 radical (unpaired) electrons. The van der Waals surface area contributed by atoms with Crippen LogP contribution in [0.15, 0.2) is 41.0 Å². The van der Waals surface area contributed by atoms with Crippen LogP contribution >= 0.6 is 0 Å². The van der Waals surface area contributed by atoms with Crippen molar-refractivity contribution in [1.29, 1.82) is 0 Å². The number of nitrogens with one attached hydrogen (secondary N) is 1. The van der Waals surface area contributed by atoms with Crippen LogP contribution in [0, 0.1) is 13.8 Å². The van der Waals surface area contributed by atoms with Gasteiger partial charge in [-0.1, -0.05) is 19.9 Å². The van der Waals surface area contributed by atoms with Crippen LogP contribution in [-0.2, 0) is 4.79 Å². The summed E-state index contributed by atoms with van der Waals surface area (Å²) in [4.78, 5) is 12.8. The van der Waals surface area contributed by atoms with Gasteiger partial charge in [-0.15, -0.1) is 0 Å². The van der Waals surface area contributed by atoms with Gasteiger partial charge in [0.15, 0.2) is 23.3 Å². The molecule has 0 saturated heterocycles. The largest absolute Gasteiger partial charge is 0.490 e. The van der Waals surface area contributed by atoms with Gasteiger partial charge in [0.1, 0.15) is 5.75 Å². The van der Waals surface area contributed by atoms with E-state index >= 15 is 0 Å². The number of amides is 1. The lowest BCUT2D eigenvalue weighted by atomic mass is 10.1. The van der Waals surface area contributed by atoms with Crippen LogP contribution in [0.25, 0.3) is 11.3 Å². The number of aryl methyl sites for hydroxylation is 2. The van der Waals surface area contributed by atoms with E-state index in [0.717, 1.165) is 24.0 Å². The average molecular weight is 454 g/mol. The summed E-state index contributed by atoms with van der Waals surface area (Å²) in [6.07, 6.45) is 1.01. The Kier molecular flexibility index (Phi) is 8.29. The van der Waals surface area contributed by atoms with E-state index in [2.05, 4.69) is 15.6 Å². The normalized spacial score (nSPS) is 11.7. The number of rotatable bonds is 11. The molecule has 0 bridgehead atoms. The number of hydrogen-bond acceptors (Lipinski definition) is 7. The quantitative estimate of drug-likeness (QED) is 0.419. The molecule has 2 aromatic carbocycles. The number of aromatic nitrogens is 2. The third-order valence-corrected chi connectivity index (χ3v) is 4.75. The van der Waals surface area contributed by atoms with E-state index in [1.807, 2.05) is 64.1 Å². The molecule has 0 saturated carbocycles. The molecule has 8 nitrogen and oxygen atoms in total. The van der Waals surface area contributed by atoms with Gasteiger partial charge >= 0.3 is 0 Å². The second-order valence-corrected chi connectivity index (χ2v) is 7.89. The first kappa shape index (κ1) is 24.1. The molecule has 0 aliphatic heterocycles. The zero-order valence-corrected chi connectivity index (χ0v) is 19.8. The van der Waals surface area contributed by atoms with Crippen LogP contribution < -0.4 is 19.5 Å². The fourth-order valence-electron chi connectivity index (χ4n) is 3.25. The Morgan fingerprint density at radius 3 is 2.30 bits per heavy atom. The van der Waals surface area contributed by atoms with Crippen LogP contribution in [0.4, 0.5) is 5.82 Å². The summed E-state index contributed by atoms with van der Waals surface area (Å²) in [5, 5.41) is 10.6. The van der Waals surface area contributed by atoms with Crippen molar-refractivity contribution in [3.63, 3.8) is 0 Å². The Morgan fingerprint density at radius 2 is 1.64 bits per heavy atom. The van der Waals surface area contributed by atoms with Crippen LogP contribution in [0.2, 0.25) is 0 Å². The lowest BCUT2D eigenvalue weighted by Gasteiger charge is -2.15. The molecule has 1 aromatic heterocycles. The van der Waals surface area contributed by atoms with Crippen LogP contribution in [-0.4, -0.2) is 35.5 Å². The highest BCUT2D eigenvalue weighted by Gasteiger charge is 2.21. The van der Waals surface area contributed by atoms with E-state index in [0.29, 0.717) is 41.7 Å². The first-order valence-electron chi connectivity index (χ1n) is 11.2. The van der Waals surface area contributed by atoms with Gasteiger partial charge in [-0.05, 0) is 85.4 Å². The van der Waals surface area contributed by atoms with Gasteiger partial charge in [0, 0.05) is 5.56 Å². The van der Waals surface area contributed by atoms with Crippen molar-refractivity contribution in [1.82, 2.24) is 10.3 Å². The molecule has 1 heterocycles. The highest BCUT2D eigenvalue weighted by molar-refractivity contribution is 5.96. The standard InChI is InChI=1S/C25H31N3O5/c1-6-10-30-21-9-8-19(15-22(21)31-11-7-2)23-24(28-33-27-23)26-25(29)18(5)32-20-13-16(3)12-17(4)14-20/h8-9,12-15,18H,6-7,10-11H2,1-5H3,(H,26,28,29). The third kappa shape index (κ3) is 6.47. The molecule has 0 spiro atoms. The molecule has 0 aliphatic rings. The molecule has 1 N–H and O–H groups in total. The Labute approximate surface area is 194 Å². The third-order valence-electron chi connectivity index (χ3n) is 4.75. The van der Waals surface area contributed by atoms with Gasteiger partial charge in [-0.2, -0.15) is 0 Å². The van der Waals surface area contributed by atoms with Crippen molar-refractivity contribution in [2.45, 2.75) is 53.6 Å². The first-order chi connectivity index (χ1) is 15.9. The van der Waals surface area contributed by atoms with E-state index < -0.39 is 6.10 Å². The molecule has 8 heteroatoms. The molecule has 3 rings (SSSR count). The molecule has 33 heavy (non-hydrogen) atoms. The molecule has 176 valence electrons. The van der Waals surface area contributed by atoms with Crippen LogP contribution in [0.1, 0.15) is 44.7 Å². The summed E-state index contributed by atoms with van der Waals surface area (Å²) in [6.45, 7) is 10.9. The Morgan fingerprint density at radius 1 is 0.970 bits per heavy atom. The van der Waals surface area contributed by atoms with Crippen molar-refractivity contribution in [3.05, 3.63) is 47.5 Å². The predicted molar refractivity (Wildman–Crippen MR) is 126 cm³/mol. The van der Waals surface area contributed by atoms with Gasteiger partial charge in [-0.3, -0.25) is 4.79 Å². The van der Waals surface area contributed by atoms with Gasteiger partial charge in [0.2, 0.25) is 5.82 Å². The Hall–Kier alpha value is -3.55. The molecule has 0 fully saturated rings. The number of anilines is 1. The van der Waals surface area contributed by atoms with Crippen molar-refractivity contribution in [2.24, 2.45) is 0 Å². The summed E-state index contributed by atoms with van der Waals surface area (Å²) >= 11 is 0. The van der Waals surface area contributed by atoms with Crippen molar-refractivity contribution >= 4 is 11.7 Å². The zero-order valence-electron chi connectivity index (χ0n) is 19.8. The number of benzene rings is 2. The maximum absolute atomic E-state index is 12.8. The minimum absolute atomic E-state index is 0.208. The molecule has 1 unspecified atom stereocenters. The van der Waals surface area contributed by atoms with Gasteiger partial charge in [0.05, 0.1) is 13.2 Å². The van der Waals surface area contributed by atoms with Crippen molar-refractivity contribution in [3.8, 4) is 28.5 Å². The molecule has 1 atom stereocenters. The highest BCUT2D eigenvalue weighted by atomic mass is 16.6. The van der Waals surface area contributed by atoms with Gasteiger partial charge in [0.25, 0.3) is 5.91 Å². The number of carbonyl (C=O) groups is 1. The molecule has 1 amide bonds. The van der Waals surface area contributed by atoms with Gasteiger partial charge < -0.3 is 19.5 Å². The summed E-state index contributed by atoms with van der Waals surface area (Å²) in [5.41, 5.74) is 3.20. The van der Waals surface area contributed by atoms with E-state index in [9.17, 15) is 4.79 Å². The summed E-state index contributed by atoms with van der Waals surface area (Å²) < 4.78 is 22.4. The van der Waals surface area contributed by atoms with E-state index in [1.54, 1.807) is 6.92 Å². The van der Waals surface area contributed by atoms with Crippen molar-refractivity contribution < 1.29 is 23.6 Å². The summed E-state index contributed by atoms with van der Waals surface area (Å²) in [5.74, 6) is 1.74. The second-order valence-electron chi connectivity index (χ2n) is 7.89. The van der Waals surface area contributed by atoms with Crippen molar-refractivity contribution in [2.75, 3.05) is 18.5 Å². The highest BCUT2D eigenvalue weighted by Crippen LogP contribution is 2.34. The zero-order chi connectivity index (χ0) is 23.8. The molecule has 0 aliphatic carbocycles. The number of ether oxygens (including phenoxy) is 3. The lowest BCUT2D eigenvalue weighted by molar-refractivity contribution is -0.122. The fraction of sp³-hybridized carbons (Fsp3) is 0.400. The lowest BCUT2D eigenvalue weighted by Crippen LogP contribution is -2.30. The Balaban J connectivity index is 1.76. The first-order valence-corrected chi connectivity index (χ1v) is 11.2. The maximum Gasteiger partial charge on any atom is 0.266 e. The minimum Gasteiger partial charge on any atom is -0.490 e. The molecular weight excluding hydrogens is 422 g/mol. The number of hydrogen-bond donors (Lipinski definition) is 1. The van der Waals surface area contributed by atoms with E-state index in [4.69, 9.17) is 18.8 Å². The SMILES string of the molecule is CCCOc1ccc(-c2nonc2NC(=O)C(C)Oc2cc(C)cc(C)c2)cc1OCCC. The average Bonchev–Trinajstić information content (AvgIpc) is 3.23. The fourth-order valence-corrected chi connectivity index (χ4v) is 3.25. The van der Waals surface area contributed by atoms with E-state index in [1.165, 1.54) is 0 Å². The number of nitrogens with zero attached hydrogens (tertiary/aromatic N) is 2. The van der Waals surface area contributed by atoms with Crippen LogP contribution in [0.5, 0.6) is 17.2 Å². The maximum atomic E-state index is 12.8. The molecular formula is C25H31N3O5. The van der Waals surface area contributed by atoms with Gasteiger partial charge in [-0.25, -0.2) is 4.63 Å². The van der Waals surface area contributed by atoms with Crippen LogP contribution in [0.3, 0.4) is 0 Å².